The highest BCUT2D eigenvalue weighted by Gasteiger charge is 2.21. The molecule has 1 atom stereocenters. The van der Waals surface area contributed by atoms with Gasteiger partial charge in [-0.3, -0.25) is 4.40 Å². The van der Waals surface area contributed by atoms with E-state index in [4.69, 9.17) is 17.3 Å². The molecule has 0 saturated carbocycles. The van der Waals surface area contributed by atoms with E-state index < -0.39 is 0 Å². The maximum Gasteiger partial charge on any atom is 0.150 e. The van der Waals surface area contributed by atoms with Crippen LogP contribution < -0.4 is 11.1 Å². The third-order valence-electron chi connectivity index (χ3n) is 4.48. The summed E-state index contributed by atoms with van der Waals surface area (Å²) in [5.41, 5.74) is 8.69. The standard InChI is InChI=1S/C20H15ClFN7/c1-11(27-20-15(8-23)19(24)25-10-26-20)17-18(12-2-4-13(21)5-3-12)29-9-14(22)6-7-16(29)28-17/h2-7,9-11H,1H3,(H3,24,25,26,27). The van der Waals surface area contributed by atoms with Crippen LogP contribution in [0.2, 0.25) is 5.02 Å². The molecule has 3 heterocycles. The summed E-state index contributed by atoms with van der Waals surface area (Å²) in [6, 6.07) is 11.8. The number of fused-ring (bicyclic) bond motifs is 1. The van der Waals surface area contributed by atoms with Crippen LogP contribution in [0.15, 0.2) is 48.9 Å². The third-order valence-corrected chi connectivity index (χ3v) is 4.73. The zero-order valence-electron chi connectivity index (χ0n) is 15.3. The minimum Gasteiger partial charge on any atom is -0.382 e. The summed E-state index contributed by atoms with van der Waals surface area (Å²) >= 11 is 6.02. The summed E-state index contributed by atoms with van der Waals surface area (Å²) in [5, 5.41) is 13.1. The van der Waals surface area contributed by atoms with Crippen molar-refractivity contribution < 1.29 is 4.39 Å². The maximum atomic E-state index is 13.9. The number of halogens is 2. The van der Waals surface area contributed by atoms with Crippen molar-refractivity contribution in [1.82, 2.24) is 19.4 Å². The number of imidazole rings is 1. The fraction of sp³-hybridized carbons (Fsp3) is 0.100. The molecule has 144 valence electrons. The van der Waals surface area contributed by atoms with Crippen LogP contribution in [-0.4, -0.2) is 19.4 Å². The predicted molar refractivity (Wildman–Crippen MR) is 109 cm³/mol. The van der Waals surface area contributed by atoms with Gasteiger partial charge in [-0.15, -0.1) is 0 Å². The van der Waals surface area contributed by atoms with Crippen LogP contribution in [0.5, 0.6) is 0 Å². The van der Waals surface area contributed by atoms with Crippen molar-refractivity contribution in [3.8, 4) is 17.3 Å². The highest BCUT2D eigenvalue weighted by atomic mass is 35.5. The summed E-state index contributed by atoms with van der Waals surface area (Å²) in [7, 11) is 0. The summed E-state index contributed by atoms with van der Waals surface area (Å²) < 4.78 is 15.6. The van der Waals surface area contributed by atoms with Gasteiger partial charge < -0.3 is 11.1 Å². The molecular weight excluding hydrogens is 393 g/mol. The van der Waals surface area contributed by atoms with Crippen LogP contribution in [0, 0.1) is 17.1 Å². The molecule has 3 aromatic heterocycles. The molecule has 0 spiro atoms. The molecule has 0 saturated heterocycles. The largest absolute Gasteiger partial charge is 0.382 e. The van der Waals surface area contributed by atoms with Gasteiger partial charge in [0.15, 0.2) is 0 Å². The Morgan fingerprint density at radius 1 is 1.21 bits per heavy atom. The van der Waals surface area contributed by atoms with Gasteiger partial charge in [0.2, 0.25) is 0 Å². The van der Waals surface area contributed by atoms with Crippen LogP contribution in [0.25, 0.3) is 16.9 Å². The Kier molecular flexibility index (Phi) is 4.74. The lowest BCUT2D eigenvalue weighted by atomic mass is 10.1. The van der Waals surface area contributed by atoms with Gasteiger partial charge in [-0.2, -0.15) is 5.26 Å². The van der Waals surface area contributed by atoms with Gasteiger partial charge in [-0.05, 0) is 31.2 Å². The van der Waals surface area contributed by atoms with Gasteiger partial charge in [0.25, 0.3) is 0 Å². The summed E-state index contributed by atoms with van der Waals surface area (Å²) in [6.07, 6.45) is 2.66. The molecule has 4 aromatic rings. The topological polar surface area (TPSA) is 105 Å². The Bertz CT molecular complexity index is 1240. The van der Waals surface area contributed by atoms with Gasteiger partial charge in [-0.25, -0.2) is 19.3 Å². The maximum absolute atomic E-state index is 13.9. The van der Waals surface area contributed by atoms with Crippen molar-refractivity contribution in [2.45, 2.75) is 13.0 Å². The summed E-state index contributed by atoms with van der Waals surface area (Å²) in [6.45, 7) is 1.87. The molecule has 3 N–H and O–H groups in total. The monoisotopic (exact) mass is 407 g/mol. The van der Waals surface area contributed by atoms with E-state index in [2.05, 4.69) is 20.3 Å². The van der Waals surface area contributed by atoms with Crippen molar-refractivity contribution in [3.05, 3.63) is 71.0 Å². The molecule has 0 fully saturated rings. The predicted octanol–water partition coefficient (Wildman–Crippen LogP) is 4.21. The Morgan fingerprint density at radius 2 is 1.97 bits per heavy atom. The number of aromatic nitrogens is 4. The smallest absolute Gasteiger partial charge is 0.150 e. The lowest BCUT2D eigenvalue weighted by molar-refractivity contribution is 0.619. The van der Waals surface area contributed by atoms with E-state index in [1.165, 1.54) is 18.6 Å². The fourth-order valence-corrected chi connectivity index (χ4v) is 3.25. The van der Waals surface area contributed by atoms with Crippen molar-refractivity contribution in [1.29, 1.82) is 5.26 Å². The number of nitrogens with zero attached hydrogens (tertiary/aromatic N) is 5. The highest BCUT2D eigenvalue weighted by Crippen LogP contribution is 2.32. The van der Waals surface area contributed by atoms with Gasteiger partial charge in [-0.1, -0.05) is 23.7 Å². The Hall–Kier alpha value is -3.70. The zero-order chi connectivity index (χ0) is 20.5. The van der Waals surface area contributed by atoms with Gasteiger partial charge in [0, 0.05) is 16.8 Å². The van der Waals surface area contributed by atoms with E-state index in [0.717, 1.165) is 5.56 Å². The summed E-state index contributed by atoms with van der Waals surface area (Å²) in [4.78, 5) is 12.6. The van der Waals surface area contributed by atoms with E-state index >= 15 is 0 Å². The Labute approximate surface area is 170 Å². The molecule has 4 rings (SSSR count). The number of benzene rings is 1. The fourth-order valence-electron chi connectivity index (χ4n) is 3.13. The van der Waals surface area contributed by atoms with E-state index in [-0.39, 0.29) is 23.2 Å². The number of hydrogen-bond acceptors (Lipinski definition) is 6. The van der Waals surface area contributed by atoms with E-state index in [1.807, 2.05) is 25.1 Å². The quantitative estimate of drug-likeness (QED) is 0.525. The average Bonchev–Trinajstić information content (AvgIpc) is 3.07. The number of nitrogens with one attached hydrogen (secondary N) is 1. The SMILES string of the molecule is CC(Nc1ncnc(N)c1C#N)c1nc2ccc(F)cn2c1-c1ccc(Cl)cc1. The minimum absolute atomic E-state index is 0.0900. The van der Waals surface area contributed by atoms with E-state index in [9.17, 15) is 9.65 Å². The molecule has 1 aromatic carbocycles. The number of nitriles is 1. The van der Waals surface area contributed by atoms with Crippen LogP contribution in [-0.2, 0) is 0 Å². The Morgan fingerprint density at radius 3 is 2.69 bits per heavy atom. The molecule has 0 radical (unpaired) electrons. The minimum atomic E-state index is -0.382. The highest BCUT2D eigenvalue weighted by molar-refractivity contribution is 6.30. The number of rotatable bonds is 4. The van der Waals surface area contributed by atoms with Crippen molar-refractivity contribution in [2.24, 2.45) is 0 Å². The second-order valence-corrected chi connectivity index (χ2v) is 6.82. The molecule has 7 nitrogen and oxygen atoms in total. The molecule has 0 amide bonds. The van der Waals surface area contributed by atoms with Crippen molar-refractivity contribution in [2.75, 3.05) is 11.1 Å². The van der Waals surface area contributed by atoms with Crippen LogP contribution >= 0.6 is 11.6 Å². The first-order valence-electron chi connectivity index (χ1n) is 8.68. The second-order valence-electron chi connectivity index (χ2n) is 6.39. The summed E-state index contributed by atoms with van der Waals surface area (Å²) in [5.74, 6) is 0.0117. The van der Waals surface area contributed by atoms with E-state index in [0.29, 0.717) is 27.9 Å². The first-order chi connectivity index (χ1) is 14.0. The molecule has 0 bridgehead atoms. The van der Waals surface area contributed by atoms with Crippen LogP contribution in [0.4, 0.5) is 16.0 Å². The number of nitrogen functional groups attached to an aromatic ring is 1. The van der Waals surface area contributed by atoms with Gasteiger partial charge >= 0.3 is 0 Å². The molecule has 29 heavy (non-hydrogen) atoms. The van der Waals surface area contributed by atoms with Crippen molar-refractivity contribution >= 4 is 28.9 Å². The molecular formula is C20H15ClFN7. The lowest BCUT2D eigenvalue weighted by Gasteiger charge is -2.16. The number of nitrogens with two attached hydrogens (primary N) is 1. The van der Waals surface area contributed by atoms with E-state index in [1.54, 1.807) is 22.6 Å². The zero-order valence-corrected chi connectivity index (χ0v) is 16.0. The Balaban J connectivity index is 1.85. The van der Waals surface area contributed by atoms with Gasteiger partial charge in [0.05, 0.1) is 17.4 Å². The third kappa shape index (κ3) is 3.44. The van der Waals surface area contributed by atoms with Gasteiger partial charge in [0.1, 0.15) is 41.1 Å². The normalized spacial score (nSPS) is 11.9. The molecule has 0 aliphatic rings. The van der Waals surface area contributed by atoms with Crippen LogP contribution in [0.1, 0.15) is 24.2 Å². The number of anilines is 2. The molecule has 0 aliphatic heterocycles. The first-order valence-corrected chi connectivity index (χ1v) is 9.06. The second kappa shape index (κ2) is 7.37. The molecule has 0 aliphatic carbocycles. The lowest BCUT2D eigenvalue weighted by Crippen LogP contribution is -2.12. The molecule has 1 unspecified atom stereocenters. The average molecular weight is 408 g/mol. The number of pyridine rings is 1. The number of hydrogen-bond donors (Lipinski definition) is 2. The van der Waals surface area contributed by atoms with Crippen molar-refractivity contribution in [3.63, 3.8) is 0 Å². The molecule has 9 heteroatoms. The van der Waals surface area contributed by atoms with Crippen LogP contribution in [0.3, 0.4) is 0 Å². The first kappa shape index (κ1) is 18.7.